The number of hydrogen-bond acceptors (Lipinski definition) is 6. The minimum atomic E-state index is 0.207. The van der Waals surface area contributed by atoms with Crippen molar-refractivity contribution in [1.82, 2.24) is 29.8 Å². The maximum absolute atomic E-state index is 10.5. The molecule has 29 heavy (non-hydrogen) atoms. The molecule has 0 spiro atoms. The molecule has 9 heteroatoms. The maximum Gasteiger partial charge on any atom is 0.211 e. The summed E-state index contributed by atoms with van der Waals surface area (Å²) in [5, 5.41) is 20.3. The fourth-order valence-corrected chi connectivity index (χ4v) is 3.76. The lowest BCUT2D eigenvalue weighted by Crippen LogP contribution is -1.98. The normalized spacial score (nSPS) is 11.9. The van der Waals surface area contributed by atoms with Gasteiger partial charge in [0.15, 0.2) is 5.16 Å². The third kappa shape index (κ3) is 4.19. The molecule has 0 bridgehead atoms. The average molecular weight is 405 g/mol. The summed E-state index contributed by atoms with van der Waals surface area (Å²) in [6.45, 7) is 2.14. The number of aryl methyl sites for hydroxylation is 1. The van der Waals surface area contributed by atoms with Gasteiger partial charge in [-0.1, -0.05) is 41.2 Å². The van der Waals surface area contributed by atoms with E-state index in [4.69, 9.17) is 0 Å². The van der Waals surface area contributed by atoms with Gasteiger partial charge in [-0.05, 0) is 36.8 Å². The summed E-state index contributed by atoms with van der Waals surface area (Å²) >= 11 is 1.65. The summed E-state index contributed by atoms with van der Waals surface area (Å²) < 4.78 is 3.67. The number of nitrogens with one attached hydrogen (secondary N) is 1. The van der Waals surface area contributed by atoms with Gasteiger partial charge in [0.25, 0.3) is 0 Å². The first-order chi connectivity index (χ1) is 14.1. The number of thioether (sulfide) groups is 1. The van der Waals surface area contributed by atoms with Crippen molar-refractivity contribution in [3.8, 4) is 16.9 Å². The van der Waals surface area contributed by atoms with E-state index in [1.54, 1.807) is 22.8 Å². The predicted octanol–water partition coefficient (Wildman–Crippen LogP) is 3.48. The molecule has 146 valence electrons. The number of carbonyl (C=O) groups is 1. The van der Waals surface area contributed by atoms with Crippen LogP contribution in [0.1, 0.15) is 17.7 Å². The summed E-state index contributed by atoms with van der Waals surface area (Å²) in [7, 11) is 1.93. The van der Waals surface area contributed by atoms with Gasteiger partial charge >= 0.3 is 0 Å². The zero-order valence-corrected chi connectivity index (χ0v) is 16.7. The molecule has 1 amide bonds. The first-order valence-electron chi connectivity index (χ1n) is 8.98. The predicted molar refractivity (Wildman–Crippen MR) is 112 cm³/mol. The van der Waals surface area contributed by atoms with Crippen LogP contribution in [-0.2, 0) is 11.8 Å². The third-order valence-corrected chi connectivity index (χ3v) is 5.66. The fourth-order valence-electron chi connectivity index (χ4n) is 2.85. The van der Waals surface area contributed by atoms with Crippen LogP contribution in [0.4, 0.5) is 5.69 Å². The van der Waals surface area contributed by atoms with Crippen LogP contribution in [-0.4, -0.2) is 36.2 Å². The van der Waals surface area contributed by atoms with Gasteiger partial charge in [0.05, 0.1) is 11.9 Å². The van der Waals surface area contributed by atoms with E-state index in [9.17, 15) is 4.79 Å². The summed E-state index contributed by atoms with van der Waals surface area (Å²) in [6.07, 6.45) is 4.24. The van der Waals surface area contributed by atoms with E-state index >= 15 is 0 Å². The molecule has 2 aromatic carbocycles. The van der Waals surface area contributed by atoms with Crippen molar-refractivity contribution in [2.24, 2.45) is 7.05 Å². The molecule has 0 fully saturated rings. The van der Waals surface area contributed by atoms with E-state index in [0.717, 1.165) is 33.4 Å². The smallest absolute Gasteiger partial charge is 0.211 e. The lowest BCUT2D eigenvalue weighted by atomic mass is 10.1. The van der Waals surface area contributed by atoms with Gasteiger partial charge in [0.1, 0.15) is 12.0 Å². The first-order valence-corrected chi connectivity index (χ1v) is 9.86. The minimum Gasteiger partial charge on any atom is -0.329 e. The second-order valence-electron chi connectivity index (χ2n) is 6.47. The van der Waals surface area contributed by atoms with E-state index in [1.807, 2.05) is 54.2 Å². The van der Waals surface area contributed by atoms with Gasteiger partial charge in [0.2, 0.25) is 6.41 Å². The molecule has 0 unspecified atom stereocenters. The zero-order valence-electron chi connectivity index (χ0n) is 15.9. The molecule has 1 N–H and O–H groups in total. The molecule has 2 aromatic heterocycles. The molecule has 0 aliphatic heterocycles. The molecule has 1 atom stereocenters. The summed E-state index contributed by atoms with van der Waals surface area (Å²) in [5.74, 6) is 0. The van der Waals surface area contributed by atoms with Crippen LogP contribution in [0.15, 0.2) is 66.2 Å². The van der Waals surface area contributed by atoms with Gasteiger partial charge in [-0.3, -0.25) is 4.79 Å². The summed E-state index contributed by atoms with van der Waals surface area (Å²) in [5.41, 5.74) is 4.52. The molecule has 0 saturated heterocycles. The Bertz CT molecular complexity index is 1120. The SMILES string of the molecule is C[C@H](Sc1nncn1C)c1cccc(-n2cc(-c3ccc(NC=O)cc3)nn2)c1. The fraction of sp³-hybridized carbons (Fsp3) is 0.150. The van der Waals surface area contributed by atoms with Crippen LogP contribution in [0.25, 0.3) is 16.9 Å². The van der Waals surface area contributed by atoms with Crippen LogP contribution >= 0.6 is 11.8 Å². The molecular formula is C20H19N7OS. The van der Waals surface area contributed by atoms with Crippen molar-refractivity contribution in [3.63, 3.8) is 0 Å². The molecule has 0 aliphatic rings. The Kier molecular flexibility index (Phi) is 5.39. The number of carbonyl (C=O) groups excluding carboxylic acids is 1. The molecule has 4 aromatic rings. The van der Waals surface area contributed by atoms with E-state index in [0.29, 0.717) is 6.41 Å². The summed E-state index contributed by atoms with van der Waals surface area (Å²) in [6, 6.07) is 15.7. The van der Waals surface area contributed by atoms with E-state index < -0.39 is 0 Å². The number of aromatic nitrogens is 6. The number of rotatable bonds is 7. The highest BCUT2D eigenvalue weighted by molar-refractivity contribution is 7.99. The van der Waals surface area contributed by atoms with Crippen molar-refractivity contribution >= 4 is 23.9 Å². The number of hydrogen-bond donors (Lipinski definition) is 1. The van der Waals surface area contributed by atoms with Gasteiger partial charge in [0, 0.05) is 23.5 Å². The molecular weight excluding hydrogens is 386 g/mol. The second kappa shape index (κ2) is 8.27. The molecule has 0 aliphatic carbocycles. The van der Waals surface area contributed by atoms with E-state index in [-0.39, 0.29) is 5.25 Å². The first kappa shape index (κ1) is 18.9. The summed E-state index contributed by atoms with van der Waals surface area (Å²) in [4.78, 5) is 10.5. The largest absolute Gasteiger partial charge is 0.329 e. The van der Waals surface area contributed by atoms with Gasteiger partial charge in [-0.15, -0.1) is 15.3 Å². The average Bonchev–Trinajstić information content (AvgIpc) is 3.39. The Balaban J connectivity index is 1.54. The Labute approximate surface area is 172 Å². The van der Waals surface area contributed by atoms with Crippen molar-refractivity contribution < 1.29 is 4.79 Å². The van der Waals surface area contributed by atoms with Gasteiger partial charge in [-0.2, -0.15) is 0 Å². The van der Waals surface area contributed by atoms with Gasteiger partial charge < -0.3 is 9.88 Å². The number of nitrogens with zero attached hydrogens (tertiary/aromatic N) is 6. The third-order valence-electron chi connectivity index (χ3n) is 4.46. The van der Waals surface area contributed by atoms with Crippen molar-refractivity contribution in [1.29, 1.82) is 0 Å². The Morgan fingerprint density at radius 3 is 2.69 bits per heavy atom. The Hall–Kier alpha value is -3.46. The Morgan fingerprint density at radius 2 is 1.97 bits per heavy atom. The molecule has 2 heterocycles. The van der Waals surface area contributed by atoms with Crippen molar-refractivity contribution in [2.75, 3.05) is 5.32 Å². The number of anilines is 1. The molecule has 0 radical (unpaired) electrons. The highest BCUT2D eigenvalue weighted by Crippen LogP contribution is 2.34. The number of benzene rings is 2. The van der Waals surface area contributed by atoms with Crippen LogP contribution in [0.3, 0.4) is 0 Å². The maximum atomic E-state index is 10.5. The molecule has 0 saturated carbocycles. The number of amides is 1. The van der Waals surface area contributed by atoms with Gasteiger partial charge in [-0.25, -0.2) is 4.68 Å². The van der Waals surface area contributed by atoms with Crippen LogP contribution in [0.5, 0.6) is 0 Å². The molecule has 8 nitrogen and oxygen atoms in total. The van der Waals surface area contributed by atoms with Crippen molar-refractivity contribution in [3.05, 3.63) is 66.6 Å². The second-order valence-corrected chi connectivity index (χ2v) is 7.78. The molecule has 4 rings (SSSR count). The Morgan fingerprint density at radius 1 is 1.14 bits per heavy atom. The zero-order chi connectivity index (χ0) is 20.2. The van der Waals surface area contributed by atoms with Crippen LogP contribution in [0, 0.1) is 0 Å². The highest BCUT2D eigenvalue weighted by atomic mass is 32.2. The standard InChI is InChI=1S/C20H19N7OS/c1-14(29-20-24-22-12-26(20)2)16-4-3-5-18(10-16)27-11-19(23-25-27)15-6-8-17(9-7-15)21-13-28/h3-14H,1-2H3,(H,21,28)/t14-/m0/s1. The van der Waals surface area contributed by atoms with Crippen LogP contribution in [0.2, 0.25) is 0 Å². The minimum absolute atomic E-state index is 0.207. The lowest BCUT2D eigenvalue weighted by molar-refractivity contribution is -0.105. The van der Waals surface area contributed by atoms with Crippen molar-refractivity contribution in [2.45, 2.75) is 17.3 Å². The lowest BCUT2D eigenvalue weighted by Gasteiger charge is -2.12. The monoisotopic (exact) mass is 405 g/mol. The van der Waals surface area contributed by atoms with E-state index in [2.05, 4.69) is 44.9 Å². The highest BCUT2D eigenvalue weighted by Gasteiger charge is 2.13. The van der Waals surface area contributed by atoms with E-state index in [1.165, 1.54) is 0 Å². The topological polar surface area (TPSA) is 90.5 Å². The quantitative estimate of drug-likeness (QED) is 0.374. The van der Waals surface area contributed by atoms with Crippen LogP contribution < -0.4 is 5.32 Å².